The SMILES string of the molecule is c1cc(-c2ccc(N(c3ccc(-c4ccc(-c5ccccc5-n5c6ccccc6c6ccccc65)cc4)cc3)c3ccc4c(ccc5ccccc54)c3)cc2)cc(-c2cccc3c2oc2ccccc23)c1. The molecule has 0 saturated carbocycles. The fourth-order valence-corrected chi connectivity index (χ4v) is 11.0. The Morgan fingerprint density at radius 1 is 0.282 bits per heavy atom. The minimum Gasteiger partial charge on any atom is -0.455 e. The average molecular weight is 905 g/mol. The minimum atomic E-state index is 0.906. The highest BCUT2D eigenvalue weighted by Gasteiger charge is 2.18. The van der Waals surface area contributed by atoms with E-state index in [1.807, 2.05) is 12.1 Å². The summed E-state index contributed by atoms with van der Waals surface area (Å²) >= 11 is 0. The predicted octanol–water partition coefficient (Wildman–Crippen LogP) is 19.1. The van der Waals surface area contributed by atoms with Gasteiger partial charge in [0.1, 0.15) is 11.2 Å². The van der Waals surface area contributed by atoms with Gasteiger partial charge in [0.2, 0.25) is 0 Å². The Morgan fingerprint density at radius 3 is 1.54 bits per heavy atom. The van der Waals surface area contributed by atoms with E-state index in [1.54, 1.807) is 0 Å². The van der Waals surface area contributed by atoms with Crippen LogP contribution >= 0.6 is 0 Å². The molecule has 14 aromatic rings. The second-order valence-electron chi connectivity index (χ2n) is 18.4. The van der Waals surface area contributed by atoms with Crippen LogP contribution in [0.15, 0.2) is 271 Å². The monoisotopic (exact) mass is 904 g/mol. The number of anilines is 3. The summed E-state index contributed by atoms with van der Waals surface area (Å²) < 4.78 is 8.85. The van der Waals surface area contributed by atoms with Gasteiger partial charge in [-0.05, 0) is 122 Å². The van der Waals surface area contributed by atoms with Crippen LogP contribution in [0.25, 0.3) is 115 Å². The molecule has 0 fully saturated rings. The van der Waals surface area contributed by atoms with E-state index in [2.05, 4.69) is 264 Å². The Balaban J connectivity index is 0.809. The number of fused-ring (bicyclic) bond motifs is 9. The van der Waals surface area contributed by atoms with Gasteiger partial charge in [0.05, 0.1) is 16.7 Å². The largest absolute Gasteiger partial charge is 0.455 e. The molecule has 0 unspecified atom stereocenters. The van der Waals surface area contributed by atoms with Gasteiger partial charge in [0, 0.05) is 49.7 Å². The quantitative estimate of drug-likeness (QED) is 0.142. The summed E-state index contributed by atoms with van der Waals surface area (Å²) in [5, 5.41) is 9.75. The molecular weight excluding hydrogens is 861 g/mol. The maximum absolute atomic E-state index is 6.44. The van der Waals surface area contributed by atoms with E-state index < -0.39 is 0 Å². The van der Waals surface area contributed by atoms with Gasteiger partial charge in [-0.15, -0.1) is 0 Å². The van der Waals surface area contributed by atoms with Gasteiger partial charge in [-0.25, -0.2) is 0 Å². The first-order valence-electron chi connectivity index (χ1n) is 24.3. The van der Waals surface area contributed by atoms with Crippen molar-refractivity contribution < 1.29 is 4.42 Å². The summed E-state index contributed by atoms with van der Waals surface area (Å²) in [6.07, 6.45) is 0. The van der Waals surface area contributed by atoms with Gasteiger partial charge in [-0.3, -0.25) is 0 Å². The van der Waals surface area contributed by atoms with Crippen molar-refractivity contribution in [2.24, 2.45) is 0 Å². The first-order valence-corrected chi connectivity index (χ1v) is 24.3. The third-order valence-corrected chi connectivity index (χ3v) is 14.4. The lowest BCUT2D eigenvalue weighted by Gasteiger charge is -2.26. The zero-order valence-corrected chi connectivity index (χ0v) is 38.7. The Morgan fingerprint density at radius 2 is 0.789 bits per heavy atom. The smallest absolute Gasteiger partial charge is 0.143 e. The van der Waals surface area contributed by atoms with Crippen molar-refractivity contribution >= 4 is 82.4 Å². The van der Waals surface area contributed by atoms with Crippen LogP contribution in [0, 0.1) is 0 Å². The van der Waals surface area contributed by atoms with Crippen molar-refractivity contribution in [3.8, 4) is 50.2 Å². The molecule has 14 rings (SSSR count). The highest BCUT2D eigenvalue weighted by molar-refractivity contribution is 6.11. The molecule has 3 heteroatoms. The second kappa shape index (κ2) is 16.7. The number of furan rings is 1. The van der Waals surface area contributed by atoms with Crippen LogP contribution in [0.2, 0.25) is 0 Å². The molecular formula is C68H44N2O. The molecule has 0 saturated heterocycles. The third kappa shape index (κ3) is 6.89. The molecule has 3 nitrogen and oxygen atoms in total. The predicted molar refractivity (Wildman–Crippen MR) is 299 cm³/mol. The zero-order chi connectivity index (χ0) is 46.8. The van der Waals surface area contributed by atoms with Crippen molar-refractivity contribution in [2.45, 2.75) is 0 Å². The molecule has 0 atom stereocenters. The summed E-state index contributed by atoms with van der Waals surface area (Å²) in [6, 6.07) is 96.6. The number of hydrogen-bond acceptors (Lipinski definition) is 2. The highest BCUT2D eigenvalue weighted by atomic mass is 16.3. The van der Waals surface area contributed by atoms with Crippen LogP contribution in [0.3, 0.4) is 0 Å². The van der Waals surface area contributed by atoms with Crippen LogP contribution in [0.1, 0.15) is 0 Å². The topological polar surface area (TPSA) is 21.3 Å². The summed E-state index contributed by atoms with van der Waals surface area (Å²) in [6.45, 7) is 0. The number of aromatic nitrogens is 1. The molecule has 2 aromatic heterocycles. The number of hydrogen-bond donors (Lipinski definition) is 0. The van der Waals surface area contributed by atoms with Gasteiger partial charge >= 0.3 is 0 Å². The molecule has 0 amide bonds. The van der Waals surface area contributed by atoms with E-state index in [0.717, 1.165) is 66.8 Å². The lowest BCUT2D eigenvalue weighted by Crippen LogP contribution is -2.09. The molecule has 0 aliphatic heterocycles. The maximum Gasteiger partial charge on any atom is 0.143 e. The van der Waals surface area contributed by atoms with Crippen molar-refractivity contribution in [1.82, 2.24) is 4.57 Å². The highest BCUT2D eigenvalue weighted by Crippen LogP contribution is 2.42. The molecule has 12 aromatic carbocycles. The van der Waals surface area contributed by atoms with Crippen LogP contribution in [-0.4, -0.2) is 4.57 Å². The van der Waals surface area contributed by atoms with Gasteiger partial charge < -0.3 is 13.9 Å². The van der Waals surface area contributed by atoms with Crippen molar-refractivity contribution in [3.63, 3.8) is 0 Å². The van der Waals surface area contributed by atoms with Crippen LogP contribution in [0.4, 0.5) is 17.1 Å². The van der Waals surface area contributed by atoms with E-state index in [-0.39, 0.29) is 0 Å². The van der Waals surface area contributed by atoms with Crippen LogP contribution < -0.4 is 4.90 Å². The molecule has 332 valence electrons. The average Bonchev–Trinajstić information content (AvgIpc) is 4.00. The molecule has 0 radical (unpaired) electrons. The fraction of sp³-hybridized carbons (Fsp3) is 0. The molecule has 0 N–H and O–H groups in total. The molecule has 2 heterocycles. The van der Waals surface area contributed by atoms with Gasteiger partial charge in [-0.2, -0.15) is 0 Å². The van der Waals surface area contributed by atoms with Gasteiger partial charge in [0.25, 0.3) is 0 Å². The van der Waals surface area contributed by atoms with Crippen molar-refractivity contribution in [3.05, 3.63) is 267 Å². The van der Waals surface area contributed by atoms with E-state index in [4.69, 9.17) is 4.42 Å². The molecule has 0 spiro atoms. The summed E-state index contributed by atoms with van der Waals surface area (Å²) in [5.74, 6) is 0. The molecule has 71 heavy (non-hydrogen) atoms. The Hall–Kier alpha value is -9.44. The van der Waals surface area contributed by atoms with Crippen molar-refractivity contribution in [2.75, 3.05) is 4.90 Å². The summed E-state index contributed by atoms with van der Waals surface area (Å²) in [7, 11) is 0. The van der Waals surface area contributed by atoms with Crippen LogP contribution in [-0.2, 0) is 0 Å². The minimum absolute atomic E-state index is 0.906. The molecule has 0 aliphatic rings. The summed E-state index contributed by atoms with van der Waals surface area (Å²) in [5.41, 5.74) is 17.9. The molecule has 0 bridgehead atoms. The maximum atomic E-state index is 6.44. The van der Waals surface area contributed by atoms with Crippen LogP contribution in [0.5, 0.6) is 0 Å². The molecule has 0 aliphatic carbocycles. The first kappa shape index (κ1) is 40.6. The van der Waals surface area contributed by atoms with E-state index >= 15 is 0 Å². The normalized spacial score (nSPS) is 11.7. The van der Waals surface area contributed by atoms with E-state index in [9.17, 15) is 0 Å². The Kier molecular flexibility index (Phi) is 9.53. The number of benzene rings is 12. The Labute approximate surface area is 411 Å². The lowest BCUT2D eigenvalue weighted by atomic mass is 9.97. The second-order valence-corrected chi connectivity index (χ2v) is 18.4. The summed E-state index contributed by atoms with van der Waals surface area (Å²) in [4.78, 5) is 2.37. The standard InChI is InChI=1S/C68H44N2O/c1-2-16-56-48(13-1)31-32-52-44-55(41-42-57(52)56)69(54-39-35-47(36-40-54)50-14-11-15-51(43-50)59-21-12-22-63-62-20-6-10-26-67(62)71-68(59)63)53-37-33-46(34-38-53)45-27-29-49(30-28-45)58-17-3-7-23-64(58)70-65-24-8-4-18-60(65)61-19-5-9-25-66(61)70/h1-44H. The zero-order valence-electron chi connectivity index (χ0n) is 38.7. The van der Waals surface area contributed by atoms with Gasteiger partial charge in [-0.1, -0.05) is 200 Å². The first-order chi connectivity index (χ1) is 35.2. The number of rotatable bonds is 8. The number of nitrogens with zero attached hydrogens (tertiary/aromatic N) is 2. The Bertz CT molecular complexity index is 4280. The third-order valence-electron chi connectivity index (χ3n) is 14.4. The fourth-order valence-electron chi connectivity index (χ4n) is 11.0. The lowest BCUT2D eigenvalue weighted by molar-refractivity contribution is 0.670. The van der Waals surface area contributed by atoms with E-state index in [0.29, 0.717) is 0 Å². The van der Waals surface area contributed by atoms with Crippen molar-refractivity contribution in [1.29, 1.82) is 0 Å². The number of para-hydroxylation sites is 5. The van der Waals surface area contributed by atoms with E-state index in [1.165, 1.54) is 65.7 Å². The van der Waals surface area contributed by atoms with Gasteiger partial charge in [0.15, 0.2) is 0 Å².